The van der Waals surface area contributed by atoms with Crippen LogP contribution < -0.4 is 10.1 Å². The van der Waals surface area contributed by atoms with Crippen molar-refractivity contribution >= 4 is 5.69 Å². The zero-order valence-corrected chi connectivity index (χ0v) is 9.26. The predicted octanol–water partition coefficient (Wildman–Crippen LogP) is 3.22. The molecule has 1 aliphatic rings. The standard InChI is InChI=1S/C9H11NO.C3H8/c1-7-2-3-9-8(6-7)10-4-5-11-9;1-3-2/h2-3,6,10H,4-5H2,1H3;3H2,1-2H3. The highest BCUT2D eigenvalue weighted by atomic mass is 16.5. The minimum atomic E-state index is 0.774. The Kier molecular flexibility index (Phi) is 4.30. The van der Waals surface area contributed by atoms with Crippen molar-refractivity contribution in [2.24, 2.45) is 0 Å². The quantitative estimate of drug-likeness (QED) is 0.683. The van der Waals surface area contributed by atoms with E-state index in [0.29, 0.717) is 0 Å². The number of ether oxygens (including phenoxy) is 1. The maximum atomic E-state index is 5.42. The van der Waals surface area contributed by atoms with Gasteiger partial charge in [-0.05, 0) is 24.6 Å². The van der Waals surface area contributed by atoms with Crippen LogP contribution >= 0.6 is 0 Å². The molecule has 0 spiro atoms. The molecule has 0 saturated heterocycles. The van der Waals surface area contributed by atoms with Gasteiger partial charge in [-0.2, -0.15) is 0 Å². The molecule has 0 unspecified atom stereocenters. The number of fused-ring (bicyclic) bond motifs is 1. The molecule has 1 aliphatic heterocycles. The van der Waals surface area contributed by atoms with E-state index in [2.05, 4.69) is 38.2 Å². The maximum Gasteiger partial charge on any atom is 0.142 e. The minimum Gasteiger partial charge on any atom is -0.490 e. The van der Waals surface area contributed by atoms with Gasteiger partial charge in [-0.3, -0.25) is 0 Å². The lowest BCUT2D eigenvalue weighted by atomic mass is 10.2. The molecule has 2 nitrogen and oxygen atoms in total. The zero-order chi connectivity index (χ0) is 10.4. The average Bonchev–Trinajstić information content (AvgIpc) is 2.19. The first-order chi connectivity index (χ1) is 6.77. The molecule has 0 bridgehead atoms. The third kappa shape index (κ3) is 2.95. The summed E-state index contributed by atoms with van der Waals surface area (Å²) in [5, 5.41) is 3.28. The van der Waals surface area contributed by atoms with E-state index in [1.165, 1.54) is 12.0 Å². The van der Waals surface area contributed by atoms with Crippen LogP contribution in [0.1, 0.15) is 25.8 Å². The number of hydrogen-bond donors (Lipinski definition) is 1. The highest BCUT2D eigenvalue weighted by Gasteiger charge is 2.07. The smallest absolute Gasteiger partial charge is 0.142 e. The van der Waals surface area contributed by atoms with Crippen molar-refractivity contribution in [2.75, 3.05) is 18.5 Å². The minimum absolute atomic E-state index is 0.774. The van der Waals surface area contributed by atoms with Gasteiger partial charge < -0.3 is 10.1 Å². The van der Waals surface area contributed by atoms with Crippen LogP contribution in [0.5, 0.6) is 5.75 Å². The number of anilines is 1. The van der Waals surface area contributed by atoms with Crippen molar-refractivity contribution in [3.05, 3.63) is 23.8 Å². The van der Waals surface area contributed by atoms with E-state index >= 15 is 0 Å². The Labute approximate surface area is 86.3 Å². The molecule has 0 atom stereocenters. The van der Waals surface area contributed by atoms with Crippen molar-refractivity contribution in [1.29, 1.82) is 0 Å². The Morgan fingerprint density at radius 2 is 2.07 bits per heavy atom. The molecule has 2 rings (SSSR count). The lowest BCUT2D eigenvalue weighted by Gasteiger charge is -2.18. The highest BCUT2D eigenvalue weighted by Crippen LogP contribution is 2.27. The molecule has 0 fully saturated rings. The number of rotatable bonds is 0. The summed E-state index contributed by atoms with van der Waals surface area (Å²) in [6, 6.07) is 6.18. The lowest BCUT2D eigenvalue weighted by molar-refractivity contribution is 0.323. The van der Waals surface area contributed by atoms with Crippen LogP contribution in [0.3, 0.4) is 0 Å². The molecule has 0 saturated carbocycles. The van der Waals surface area contributed by atoms with E-state index in [1.807, 2.05) is 6.07 Å². The van der Waals surface area contributed by atoms with Crippen molar-refractivity contribution < 1.29 is 4.74 Å². The normalized spacial score (nSPS) is 12.8. The second-order valence-electron chi connectivity index (χ2n) is 3.48. The molecule has 78 valence electrons. The van der Waals surface area contributed by atoms with Gasteiger partial charge in [0.2, 0.25) is 0 Å². The third-order valence-corrected chi connectivity index (χ3v) is 1.81. The van der Waals surface area contributed by atoms with Gasteiger partial charge in [0.15, 0.2) is 0 Å². The van der Waals surface area contributed by atoms with Gasteiger partial charge >= 0.3 is 0 Å². The number of aryl methyl sites for hydroxylation is 1. The van der Waals surface area contributed by atoms with Crippen LogP contribution in [-0.2, 0) is 0 Å². The first kappa shape index (κ1) is 10.9. The second-order valence-corrected chi connectivity index (χ2v) is 3.48. The summed E-state index contributed by atoms with van der Waals surface area (Å²) in [4.78, 5) is 0. The third-order valence-electron chi connectivity index (χ3n) is 1.81. The summed E-state index contributed by atoms with van der Waals surface area (Å²) in [6.45, 7) is 8.02. The van der Waals surface area contributed by atoms with E-state index < -0.39 is 0 Å². The summed E-state index contributed by atoms with van der Waals surface area (Å²) in [7, 11) is 0. The number of benzene rings is 1. The van der Waals surface area contributed by atoms with Crippen molar-refractivity contribution in [3.63, 3.8) is 0 Å². The Balaban J connectivity index is 0.000000293. The molecule has 1 heterocycles. The molecule has 1 aromatic carbocycles. The van der Waals surface area contributed by atoms with Gasteiger partial charge in [-0.15, -0.1) is 0 Å². The SMILES string of the molecule is CCC.Cc1ccc2c(c1)NCCO2. The lowest BCUT2D eigenvalue weighted by Crippen LogP contribution is -2.17. The topological polar surface area (TPSA) is 21.3 Å². The summed E-state index contributed by atoms with van der Waals surface area (Å²) in [6.07, 6.45) is 1.25. The largest absolute Gasteiger partial charge is 0.490 e. The predicted molar refractivity (Wildman–Crippen MR) is 61.1 cm³/mol. The van der Waals surface area contributed by atoms with Crippen LogP contribution in [0.2, 0.25) is 0 Å². The van der Waals surface area contributed by atoms with Crippen molar-refractivity contribution in [1.82, 2.24) is 0 Å². The molecule has 0 radical (unpaired) electrons. The van der Waals surface area contributed by atoms with Gasteiger partial charge in [0.25, 0.3) is 0 Å². The first-order valence-corrected chi connectivity index (χ1v) is 5.25. The summed E-state index contributed by atoms with van der Waals surface area (Å²) in [5.41, 5.74) is 2.39. The summed E-state index contributed by atoms with van der Waals surface area (Å²) >= 11 is 0. The summed E-state index contributed by atoms with van der Waals surface area (Å²) < 4.78 is 5.42. The fourth-order valence-electron chi connectivity index (χ4n) is 1.25. The van der Waals surface area contributed by atoms with E-state index in [4.69, 9.17) is 4.74 Å². The molecule has 1 N–H and O–H groups in total. The van der Waals surface area contributed by atoms with Crippen LogP contribution in [0.15, 0.2) is 18.2 Å². The number of hydrogen-bond acceptors (Lipinski definition) is 2. The monoisotopic (exact) mass is 193 g/mol. The number of nitrogens with one attached hydrogen (secondary N) is 1. The Morgan fingerprint density at radius 1 is 1.36 bits per heavy atom. The Bertz CT molecular complexity index is 284. The second kappa shape index (κ2) is 5.53. The fraction of sp³-hybridized carbons (Fsp3) is 0.500. The van der Waals surface area contributed by atoms with Gasteiger partial charge in [-0.1, -0.05) is 26.3 Å². The molecular formula is C12H19NO. The van der Waals surface area contributed by atoms with Gasteiger partial charge in [0, 0.05) is 6.54 Å². The van der Waals surface area contributed by atoms with E-state index in [-0.39, 0.29) is 0 Å². The fourth-order valence-corrected chi connectivity index (χ4v) is 1.25. The Morgan fingerprint density at radius 3 is 2.79 bits per heavy atom. The first-order valence-electron chi connectivity index (χ1n) is 5.25. The van der Waals surface area contributed by atoms with Crippen LogP contribution in [0.25, 0.3) is 0 Å². The zero-order valence-electron chi connectivity index (χ0n) is 9.26. The van der Waals surface area contributed by atoms with Gasteiger partial charge in [0.05, 0.1) is 5.69 Å². The van der Waals surface area contributed by atoms with Crippen molar-refractivity contribution in [2.45, 2.75) is 27.2 Å². The molecule has 1 aromatic rings. The molecule has 14 heavy (non-hydrogen) atoms. The molecule has 2 heteroatoms. The van der Waals surface area contributed by atoms with Gasteiger partial charge in [0.1, 0.15) is 12.4 Å². The average molecular weight is 193 g/mol. The molecular weight excluding hydrogens is 174 g/mol. The molecule has 0 aromatic heterocycles. The molecule has 0 aliphatic carbocycles. The highest BCUT2D eigenvalue weighted by molar-refractivity contribution is 5.59. The maximum absolute atomic E-state index is 5.42. The Hall–Kier alpha value is -1.18. The van der Waals surface area contributed by atoms with E-state index in [9.17, 15) is 0 Å². The van der Waals surface area contributed by atoms with Crippen LogP contribution in [-0.4, -0.2) is 13.2 Å². The summed E-state index contributed by atoms with van der Waals surface area (Å²) in [5.74, 6) is 0.974. The van der Waals surface area contributed by atoms with Crippen molar-refractivity contribution in [3.8, 4) is 5.75 Å². The molecule has 0 amide bonds. The van der Waals surface area contributed by atoms with Crippen LogP contribution in [0, 0.1) is 6.92 Å². The van der Waals surface area contributed by atoms with Crippen LogP contribution in [0.4, 0.5) is 5.69 Å². The van der Waals surface area contributed by atoms with E-state index in [1.54, 1.807) is 0 Å². The van der Waals surface area contributed by atoms with Gasteiger partial charge in [-0.25, -0.2) is 0 Å². The van der Waals surface area contributed by atoms with E-state index in [0.717, 1.165) is 24.6 Å².